The van der Waals surface area contributed by atoms with Gasteiger partial charge in [-0.1, -0.05) is 93.4 Å². The molecule has 0 bridgehead atoms. The minimum Gasteiger partial charge on any atom is -0.512 e. The third-order valence-corrected chi connectivity index (χ3v) is 14.0. The molecule has 0 spiro atoms. The quantitative estimate of drug-likeness (QED) is 0.0845. The number of ketones is 1. The van der Waals surface area contributed by atoms with E-state index < -0.39 is 0 Å². The molecule has 4 heterocycles. The molecule has 4 nitrogen and oxygen atoms in total. The van der Waals surface area contributed by atoms with Crippen molar-refractivity contribution in [2.45, 2.75) is 114 Å². The average Bonchev–Trinajstić information content (AvgIpc) is 3.83. The largest absolute Gasteiger partial charge is 0.512 e. The van der Waals surface area contributed by atoms with Gasteiger partial charge in [-0.05, 0) is 75.9 Å². The van der Waals surface area contributed by atoms with Crippen molar-refractivity contribution in [2.24, 2.45) is 16.7 Å². The molecule has 0 aliphatic rings. The van der Waals surface area contributed by atoms with Crippen molar-refractivity contribution in [2.75, 3.05) is 0 Å². The normalized spacial score (nSPS) is 12.9. The van der Waals surface area contributed by atoms with Gasteiger partial charge in [0.05, 0.1) is 5.52 Å². The van der Waals surface area contributed by atoms with E-state index in [1.54, 1.807) is 29.0 Å². The Balaban J connectivity index is 0.000000279. The maximum Gasteiger partial charge on any atom is 0.164 e. The van der Waals surface area contributed by atoms with Crippen LogP contribution in [0.5, 0.6) is 0 Å². The van der Waals surface area contributed by atoms with Crippen molar-refractivity contribution in [1.82, 2.24) is 9.97 Å². The summed E-state index contributed by atoms with van der Waals surface area (Å²) in [7, 11) is 0. The molecule has 51 heavy (non-hydrogen) atoms. The molecule has 275 valence electrons. The Morgan fingerprint density at radius 2 is 1.57 bits per heavy atom. The second-order valence-electron chi connectivity index (χ2n) is 15.6. The van der Waals surface area contributed by atoms with E-state index in [2.05, 4.69) is 75.7 Å². The molecule has 0 unspecified atom stereocenters. The standard InChI is InChI=1S/C28H25N2S3.C15H28O2.Ir/c1-15(2)10-18-13-32-26-19(18)6-7-21-22(26)24-27(33-21)23(29-14-30-24)17-11-16-8-9-31-25(16)20(12-17)28(3,4)5;1-7-14(5,8-2)12(16)11-13(17)15(6,9-3)10-4;/h6-9,12-15H,10H2,1-5H3;11,16H,7-10H2,1-6H3;/q-1;;/b;12-11-;. The average molecular weight is 918 g/mol. The van der Waals surface area contributed by atoms with E-state index in [1.807, 2.05) is 52.9 Å². The monoisotopic (exact) mass is 918 g/mol. The molecule has 1 N–H and O–H groups in total. The van der Waals surface area contributed by atoms with Crippen LogP contribution in [-0.2, 0) is 36.7 Å². The maximum atomic E-state index is 12.2. The second kappa shape index (κ2) is 16.3. The van der Waals surface area contributed by atoms with Gasteiger partial charge in [-0.15, -0.1) is 46.3 Å². The number of hydrogen-bond acceptors (Lipinski definition) is 7. The minimum absolute atomic E-state index is 0. The molecule has 0 saturated carbocycles. The summed E-state index contributed by atoms with van der Waals surface area (Å²) in [5, 5.41) is 18.5. The van der Waals surface area contributed by atoms with Crippen LogP contribution in [0.15, 0.2) is 53.2 Å². The molecule has 2 aromatic carbocycles. The first kappa shape index (κ1) is 41.3. The Kier molecular flexibility index (Phi) is 13.2. The van der Waals surface area contributed by atoms with Crippen LogP contribution in [0.4, 0.5) is 0 Å². The number of nitrogens with zero attached hydrogens (tertiary/aromatic N) is 2. The first-order chi connectivity index (χ1) is 23.6. The van der Waals surface area contributed by atoms with Gasteiger partial charge >= 0.3 is 0 Å². The van der Waals surface area contributed by atoms with Crippen molar-refractivity contribution in [3.8, 4) is 11.3 Å². The first-order valence-corrected chi connectivity index (χ1v) is 20.6. The Labute approximate surface area is 330 Å². The molecule has 0 atom stereocenters. The van der Waals surface area contributed by atoms with Crippen LogP contribution in [0.3, 0.4) is 0 Å². The Hall–Kier alpha value is -2.48. The molecule has 0 aliphatic carbocycles. The molecule has 8 heteroatoms. The topological polar surface area (TPSA) is 63.1 Å². The summed E-state index contributed by atoms with van der Waals surface area (Å²) in [5.74, 6) is 0.931. The van der Waals surface area contributed by atoms with Gasteiger partial charge in [0.25, 0.3) is 0 Å². The molecule has 0 amide bonds. The summed E-state index contributed by atoms with van der Waals surface area (Å²) in [4.78, 5) is 21.8. The summed E-state index contributed by atoms with van der Waals surface area (Å²) in [6.07, 6.45) is 7.59. The van der Waals surface area contributed by atoms with E-state index in [0.29, 0.717) is 5.92 Å². The van der Waals surface area contributed by atoms with Crippen molar-refractivity contribution >= 4 is 80.3 Å². The number of benzene rings is 2. The molecule has 4 aromatic heterocycles. The Bertz CT molecular complexity index is 2170. The number of thiophene rings is 3. The number of aliphatic hydroxyl groups is 1. The van der Waals surface area contributed by atoms with Crippen molar-refractivity contribution in [3.05, 3.63) is 70.4 Å². The number of rotatable bonds is 10. The minimum atomic E-state index is -0.337. The zero-order valence-corrected chi connectivity index (χ0v) is 36.9. The second-order valence-corrected chi connectivity index (χ2v) is 18.5. The van der Waals surface area contributed by atoms with E-state index >= 15 is 0 Å². The van der Waals surface area contributed by atoms with Gasteiger partial charge in [0, 0.05) is 62.2 Å². The number of allylic oxidation sites excluding steroid dienone is 2. The number of fused-ring (bicyclic) bond motifs is 6. The maximum absolute atomic E-state index is 12.2. The molecule has 0 fully saturated rings. The van der Waals surface area contributed by atoms with Crippen LogP contribution in [0.1, 0.15) is 113 Å². The van der Waals surface area contributed by atoms with E-state index in [-0.39, 0.29) is 47.9 Å². The molecular weight excluding hydrogens is 865 g/mol. The number of carbonyl (C=O) groups is 1. The van der Waals surface area contributed by atoms with Crippen LogP contribution in [0, 0.1) is 22.8 Å². The summed E-state index contributed by atoms with van der Waals surface area (Å²) >= 11 is 5.46. The summed E-state index contributed by atoms with van der Waals surface area (Å²) in [5.41, 5.74) is 5.38. The summed E-state index contributed by atoms with van der Waals surface area (Å²) in [6.45, 7) is 23.5. The number of hydrogen-bond donors (Lipinski definition) is 1. The van der Waals surface area contributed by atoms with Crippen LogP contribution in [0.25, 0.3) is 51.7 Å². The fraction of sp³-hybridized carbons (Fsp3) is 0.465. The van der Waals surface area contributed by atoms with Gasteiger partial charge in [-0.3, -0.25) is 9.78 Å². The van der Waals surface area contributed by atoms with E-state index in [4.69, 9.17) is 9.97 Å². The fourth-order valence-electron chi connectivity index (χ4n) is 6.37. The SMILES string of the molecule is CC(C)Cc1csc2c1ccc1sc3c(-c4[c-]c5ccsc5c(C(C)(C)C)c4)ncnc3c12.CCC(C)(CC)C(=O)/C=C(\O)C(C)(CC)CC.[Ir]. The smallest absolute Gasteiger partial charge is 0.164 e. The summed E-state index contributed by atoms with van der Waals surface area (Å²) in [6, 6.07) is 12.7. The van der Waals surface area contributed by atoms with Crippen molar-refractivity contribution < 1.29 is 30.0 Å². The molecular formula is C43H53IrN2O2S3-. The van der Waals surface area contributed by atoms with Crippen LogP contribution < -0.4 is 0 Å². The van der Waals surface area contributed by atoms with Gasteiger partial charge in [-0.25, -0.2) is 4.98 Å². The predicted molar refractivity (Wildman–Crippen MR) is 220 cm³/mol. The van der Waals surface area contributed by atoms with Crippen molar-refractivity contribution in [3.63, 3.8) is 0 Å². The van der Waals surface area contributed by atoms with E-state index in [1.165, 1.54) is 47.5 Å². The predicted octanol–water partition coefficient (Wildman–Crippen LogP) is 13.9. The number of aromatic nitrogens is 2. The van der Waals surface area contributed by atoms with E-state index in [9.17, 15) is 9.90 Å². The zero-order chi connectivity index (χ0) is 36.6. The Morgan fingerprint density at radius 1 is 0.902 bits per heavy atom. The van der Waals surface area contributed by atoms with Gasteiger partial charge in [0.2, 0.25) is 0 Å². The third kappa shape index (κ3) is 8.21. The molecule has 0 aliphatic heterocycles. The number of aliphatic hydroxyl groups excluding tert-OH is 1. The first-order valence-electron chi connectivity index (χ1n) is 18.1. The Morgan fingerprint density at radius 3 is 2.18 bits per heavy atom. The van der Waals surface area contributed by atoms with Gasteiger partial charge in [0.1, 0.15) is 12.1 Å². The summed E-state index contributed by atoms with van der Waals surface area (Å²) < 4.78 is 5.12. The molecule has 1 radical (unpaired) electrons. The van der Waals surface area contributed by atoms with Crippen molar-refractivity contribution in [1.29, 1.82) is 0 Å². The van der Waals surface area contributed by atoms with E-state index in [0.717, 1.165) is 53.6 Å². The molecule has 6 rings (SSSR count). The van der Waals surface area contributed by atoms with Crippen LogP contribution in [0.2, 0.25) is 0 Å². The molecule has 0 saturated heterocycles. The fourth-order valence-corrected chi connectivity index (χ4v) is 9.81. The van der Waals surface area contributed by atoms with Gasteiger partial charge < -0.3 is 5.11 Å². The zero-order valence-electron chi connectivity index (χ0n) is 32.0. The van der Waals surface area contributed by atoms with Crippen LogP contribution >= 0.6 is 34.0 Å². The van der Waals surface area contributed by atoms with Crippen LogP contribution in [-0.4, -0.2) is 20.9 Å². The van der Waals surface area contributed by atoms with Gasteiger partial charge in [0.15, 0.2) is 5.78 Å². The third-order valence-electron chi connectivity index (χ3n) is 10.8. The molecule has 6 aromatic rings. The van der Waals surface area contributed by atoms with Gasteiger partial charge in [-0.2, -0.15) is 11.3 Å². The number of carbonyl (C=O) groups excluding carboxylic acids is 1.